The maximum absolute atomic E-state index is 12.9. The Labute approximate surface area is 417 Å². The van der Waals surface area contributed by atoms with Crippen LogP contribution in [0.15, 0.2) is 24.3 Å². The van der Waals surface area contributed by atoms with E-state index in [0.717, 1.165) is 70.6 Å². The number of hydrogen-bond donors (Lipinski definition) is 0. The molecule has 0 unspecified atom stereocenters. The second-order valence-corrected chi connectivity index (χ2v) is 20.3. The third kappa shape index (κ3) is 54.7. The number of hydrogen-bond acceptors (Lipinski definition) is 6. The number of esters is 3. The fourth-order valence-electron chi connectivity index (χ4n) is 8.91. The van der Waals surface area contributed by atoms with Crippen molar-refractivity contribution in [1.82, 2.24) is 0 Å². The molecule has 1 atom stereocenters. The summed E-state index contributed by atoms with van der Waals surface area (Å²) in [7, 11) is 0. The molecule has 0 aromatic carbocycles. The van der Waals surface area contributed by atoms with Crippen molar-refractivity contribution in [2.45, 2.75) is 335 Å². The van der Waals surface area contributed by atoms with E-state index in [2.05, 4.69) is 45.1 Å². The highest BCUT2D eigenvalue weighted by molar-refractivity contribution is 5.71. The van der Waals surface area contributed by atoms with E-state index in [1.807, 2.05) is 0 Å². The van der Waals surface area contributed by atoms with Gasteiger partial charge < -0.3 is 14.2 Å². The number of allylic oxidation sites excluding steroid dienone is 4. The zero-order chi connectivity index (χ0) is 48.6. The number of carbonyl (C=O) groups is 3. The molecule has 6 heteroatoms. The first-order chi connectivity index (χ1) is 33.0. The largest absolute Gasteiger partial charge is 0.462 e. The van der Waals surface area contributed by atoms with Gasteiger partial charge in [0.15, 0.2) is 6.10 Å². The highest BCUT2D eigenvalue weighted by Crippen LogP contribution is 2.17. The monoisotopic (exact) mass is 943 g/mol. The molecule has 0 aliphatic carbocycles. The van der Waals surface area contributed by atoms with Crippen LogP contribution in [-0.4, -0.2) is 37.2 Å². The van der Waals surface area contributed by atoms with Crippen molar-refractivity contribution in [2.75, 3.05) is 13.2 Å². The SMILES string of the molecule is CCCCCCCC/C=C\CCCCCCCC(=O)OC[C@H](COC(=O)CCCCCCCCCCCCCCCCCCCC)OC(=O)CCCCCCC/C=C\CCCCCCCCC. The minimum absolute atomic E-state index is 0.0726. The Morgan fingerprint density at radius 1 is 0.284 bits per heavy atom. The van der Waals surface area contributed by atoms with Gasteiger partial charge in [-0.25, -0.2) is 0 Å². The van der Waals surface area contributed by atoms with Gasteiger partial charge in [-0.15, -0.1) is 0 Å². The molecule has 0 spiro atoms. The summed E-state index contributed by atoms with van der Waals surface area (Å²) in [5.74, 6) is -0.868. The topological polar surface area (TPSA) is 78.9 Å². The Balaban J connectivity index is 4.34. The lowest BCUT2D eigenvalue weighted by atomic mass is 10.0. The molecular weight excluding hydrogens is 829 g/mol. The molecule has 0 aliphatic rings. The van der Waals surface area contributed by atoms with E-state index < -0.39 is 6.10 Å². The summed E-state index contributed by atoms with van der Waals surface area (Å²) in [5.41, 5.74) is 0. The van der Waals surface area contributed by atoms with Crippen molar-refractivity contribution >= 4 is 17.9 Å². The molecule has 0 aliphatic heterocycles. The highest BCUT2D eigenvalue weighted by atomic mass is 16.6. The number of rotatable bonds is 55. The molecule has 0 saturated carbocycles. The van der Waals surface area contributed by atoms with Crippen molar-refractivity contribution in [3.8, 4) is 0 Å². The molecule has 0 aromatic rings. The molecule has 394 valence electrons. The molecule has 0 rings (SSSR count). The quantitative estimate of drug-likeness (QED) is 0.0262. The second kappa shape index (κ2) is 56.5. The lowest BCUT2D eigenvalue weighted by Crippen LogP contribution is -2.30. The molecule has 0 bridgehead atoms. The van der Waals surface area contributed by atoms with Gasteiger partial charge in [-0.3, -0.25) is 14.4 Å². The summed E-state index contributed by atoms with van der Waals surface area (Å²) in [6, 6.07) is 0. The molecule has 0 heterocycles. The second-order valence-electron chi connectivity index (χ2n) is 20.3. The minimum Gasteiger partial charge on any atom is -0.462 e. The van der Waals surface area contributed by atoms with Gasteiger partial charge >= 0.3 is 17.9 Å². The predicted octanol–water partition coefficient (Wildman–Crippen LogP) is 19.9. The predicted molar refractivity (Wildman–Crippen MR) is 289 cm³/mol. The van der Waals surface area contributed by atoms with Crippen LogP contribution < -0.4 is 0 Å². The van der Waals surface area contributed by atoms with Crippen molar-refractivity contribution in [3.63, 3.8) is 0 Å². The number of carbonyl (C=O) groups excluding carboxylic acids is 3. The number of unbranched alkanes of at least 4 members (excludes halogenated alkanes) is 40. The lowest BCUT2D eigenvalue weighted by molar-refractivity contribution is -0.167. The zero-order valence-electron chi connectivity index (χ0n) is 45.2. The molecule has 0 N–H and O–H groups in total. The molecule has 6 nitrogen and oxygen atoms in total. The van der Waals surface area contributed by atoms with Crippen LogP contribution in [0.3, 0.4) is 0 Å². The summed E-state index contributed by atoms with van der Waals surface area (Å²) in [5, 5.41) is 0. The smallest absolute Gasteiger partial charge is 0.306 e. The first kappa shape index (κ1) is 64.9. The van der Waals surface area contributed by atoms with Gasteiger partial charge in [0.2, 0.25) is 0 Å². The molecule has 0 aromatic heterocycles. The van der Waals surface area contributed by atoms with Crippen LogP contribution in [0.2, 0.25) is 0 Å². The molecule has 0 radical (unpaired) electrons. The van der Waals surface area contributed by atoms with Crippen LogP contribution in [0.4, 0.5) is 0 Å². The molecular formula is C61H114O6. The summed E-state index contributed by atoms with van der Waals surface area (Å²) in [4.78, 5) is 38.2. The molecule has 0 saturated heterocycles. The Bertz CT molecular complexity index is 1080. The third-order valence-corrected chi connectivity index (χ3v) is 13.4. The van der Waals surface area contributed by atoms with Gasteiger partial charge in [0.1, 0.15) is 13.2 Å². The summed E-state index contributed by atoms with van der Waals surface area (Å²) in [6.45, 7) is 6.67. The summed E-state index contributed by atoms with van der Waals surface area (Å²) in [6.07, 6.45) is 66.0. The van der Waals surface area contributed by atoms with Gasteiger partial charge in [0.05, 0.1) is 0 Å². The zero-order valence-corrected chi connectivity index (χ0v) is 45.2. The van der Waals surface area contributed by atoms with E-state index in [0.29, 0.717) is 19.3 Å². The van der Waals surface area contributed by atoms with E-state index in [4.69, 9.17) is 14.2 Å². The van der Waals surface area contributed by atoms with Crippen molar-refractivity contribution in [1.29, 1.82) is 0 Å². The van der Waals surface area contributed by atoms with E-state index >= 15 is 0 Å². The van der Waals surface area contributed by atoms with Gasteiger partial charge in [0, 0.05) is 19.3 Å². The van der Waals surface area contributed by atoms with Crippen molar-refractivity contribution in [2.24, 2.45) is 0 Å². The first-order valence-corrected chi connectivity index (χ1v) is 29.8. The van der Waals surface area contributed by atoms with Crippen LogP contribution in [0.1, 0.15) is 329 Å². The Morgan fingerprint density at radius 3 is 0.746 bits per heavy atom. The van der Waals surface area contributed by atoms with E-state index in [9.17, 15) is 14.4 Å². The molecule has 67 heavy (non-hydrogen) atoms. The highest BCUT2D eigenvalue weighted by Gasteiger charge is 2.19. The van der Waals surface area contributed by atoms with Crippen LogP contribution in [0, 0.1) is 0 Å². The maximum atomic E-state index is 12.9. The van der Waals surface area contributed by atoms with E-state index in [1.54, 1.807) is 0 Å². The van der Waals surface area contributed by atoms with Gasteiger partial charge in [-0.1, -0.05) is 263 Å². The molecule has 0 amide bonds. The first-order valence-electron chi connectivity index (χ1n) is 29.8. The van der Waals surface area contributed by atoms with Gasteiger partial charge in [0.25, 0.3) is 0 Å². The Kier molecular flexibility index (Phi) is 54.7. The maximum Gasteiger partial charge on any atom is 0.306 e. The average Bonchev–Trinajstić information content (AvgIpc) is 3.33. The van der Waals surface area contributed by atoms with E-state index in [-0.39, 0.29) is 31.1 Å². The van der Waals surface area contributed by atoms with Crippen molar-refractivity contribution < 1.29 is 28.6 Å². The van der Waals surface area contributed by atoms with Crippen LogP contribution in [0.5, 0.6) is 0 Å². The van der Waals surface area contributed by atoms with Crippen LogP contribution >= 0.6 is 0 Å². The Morgan fingerprint density at radius 2 is 0.493 bits per heavy atom. The van der Waals surface area contributed by atoms with Crippen LogP contribution in [-0.2, 0) is 28.6 Å². The molecule has 0 fully saturated rings. The fraction of sp³-hybridized carbons (Fsp3) is 0.885. The van der Waals surface area contributed by atoms with Gasteiger partial charge in [-0.2, -0.15) is 0 Å². The number of ether oxygens (including phenoxy) is 3. The van der Waals surface area contributed by atoms with Gasteiger partial charge in [-0.05, 0) is 70.6 Å². The Hall–Kier alpha value is -2.11. The van der Waals surface area contributed by atoms with E-state index in [1.165, 1.54) is 218 Å². The lowest BCUT2D eigenvalue weighted by Gasteiger charge is -2.18. The van der Waals surface area contributed by atoms with Crippen molar-refractivity contribution in [3.05, 3.63) is 24.3 Å². The summed E-state index contributed by atoms with van der Waals surface area (Å²) >= 11 is 0. The fourth-order valence-corrected chi connectivity index (χ4v) is 8.91. The average molecular weight is 944 g/mol. The normalized spacial score (nSPS) is 12.1. The minimum atomic E-state index is -0.775. The van der Waals surface area contributed by atoms with Crippen LogP contribution in [0.25, 0.3) is 0 Å². The standard InChI is InChI=1S/C61H114O6/c1-4-7-10-13-16-19-22-25-28-30-31-34-36-39-42-45-48-51-54-60(63)66-57-58(56-65-59(62)53-50-47-44-41-38-35-32-27-24-21-18-15-12-9-6-3)67-61(64)55-52-49-46-43-40-37-33-29-26-23-20-17-14-11-8-5-2/h27,29,32-33,58H,4-26,28,30-31,34-57H2,1-3H3/b32-27-,33-29-/t58-/m1/s1. The summed E-state index contributed by atoms with van der Waals surface area (Å²) < 4.78 is 16.9. The third-order valence-electron chi connectivity index (χ3n) is 13.4.